The van der Waals surface area contributed by atoms with E-state index in [4.69, 9.17) is 4.74 Å². The minimum atomic E-state index is 0.166. The molecule has 1 rings (SSSR count). The highest BCUT2D eigenvalue weighted by Gasteiger charge is 2.18. The molecule has 0 saturated carbocycles. The van der Waals surface area contributed by atoms with Crippen molar-refractivity contribution in [2.45, 2.75) is 53.9 Å². The maximum atomic E-state index is 12.8. The first kappa shape index (κ1) is 18.7. The first-order valence-corrected chi connectivity index (χ1v) is 8.53. The summed E-state index contributed by atoms with van der Waals surface area (Å²) in [5.74, 6) is 0.935. The Morgan fingerprint density at radius 3 is 2.23 bits per heavy atom. The Labute approximate surface area is 135 Å². The highest BCUT2D eigenvalue weighted by Crippen LogP contribution is 2.26. The van der Waals surface area contributed by atoms with E-state index in [1.807, 2.05) is 19.9 Å². The number of Topliss-reactive ketones (excluding diaryl/α,β-unsaturated/α-hetero) is 1. The second-order valence-corrected chi connectivity index (χ2v) is 6.01. The largest absolute Gasteiger partial charge is 0.493 e. The molecule has 124 valence electrons. The first-order valence-electron chi connectivity index (χ1n) is 8.53. The summed E-state index contributed by atoms with van der Waals surface area (Å²) in [6, 6.07) is 4.05. The average molecular weight is 305 g/mol. The van der Waals surface area contributed by atoms with Gasteiger partial charge in [-0.25, -0.2) is 0 Å². The number of rotatable bonds is 10. The number of nitrogens with zero attached hydrogens (tertiary/aromatic N) is 1. The summed E-state index contributed by atoms with van der Waals surface area (Å²) in [6.45, 7) is 13.5. The van der Waals surface area contributed by atoms with E-state index in [0.717, 1.165) is 54.8 Å². The third-order valence-electron chi connectivity index (χ3n) is 3.62. The lowest BCUT2D eigenvalue weighted by Crippen LogP contribution is -2.31. The lowest BCUT2D eigenvalue weighted by Gasteiger charge is -2.21. The number of ether oxygens (including phenoxy) is 1. The molecule has 0 unspecified atom stereocenters. The molecule has 0 fully saturated rings. The fourth-order valence-corrected chi connectivity index (χ4v) is 2.75. The summed E-state index contributed by atoms with van der Waals surface area (Å²) < 4.78 is 5.86. The van der Waals surface area contributed by atoms with Crippen LogP contribution >= 0.6 is 0 Å². The number of carbonyl (C=O) groups is 1. The van der Waals surface area contributed by atoms with Gasteiger partial charge in [-0.05, 0) is 63.4 Å². The van der Waals surface area contributed by atoms with E-state index < -0.39 is 0 Å². The van der Waals surface area contributed by atoms with Gasteiger partial charge in [0.1, 0.15) is 5.75 Å². The summed E-state index contributed by atoms with van der Waals surface area (Å²) in [7, 11) is 0. The van der Waals surface area contributed by atoms with Crippen molar-refractivity contribution in [1.29, 1.82) is 0 Å². The lowest BCUT2D eigenvalue weighted by molar-refractivity contribution is 0.0926. The summed E-state index contributed by atoms with van der Waals surface area (Å²) in [6.07, 6.45) is 3.08. The molecule has 0 radical (unpaired) electrons. The molecule has 3 heteroatoms. The Morgan fingerprint density at radius 2 is 1.68 bits per heavy atom. The SMILES string of the molecule is CCCOc1c(C)cc(C)cc1C(=O)CN(CCC)CCC. The molecule has 0 spiro atoms. The number of aryl methyl sites for hydroxylation is 2. The minimum absolute atomic E-state index is 0.166. The predicted octanol–water partition coefficient (Wildman–Crippen LogP) is 4.40. The third-order valence-corrected chi connectivity index (χ3v) is 3.62. The van der Waals surface area contributed by atoms with E-state index >= 15 is 0 Å². The fourth-order valence-electron chi connectivity index (χ4n) is 2.75. The van der Waals surface area contributed by atoms with Gasteiger partial charge in [0.15, 0.2) is 5.78 Å². The molecule has 0 saturated heterocycles. The smallest absolute Gasteiger partial charge is 0.180 e. The van der Waals surface area contributed by atoms with Gasteiger partial charge in [-0.2, -0.15) is 0 Å². The predicted molar refractivity (Wildman–Crippen MR) is 93.1 cm³/mol. The van der Waals surface area contributed by atoms with Crippen LogP contribution in [-0.4, -0.2) is 36.9 Å². The van der Waals surface area contributed by atoms with Crippen molar-refractivity contribution in [2.24, 2.45) is 0 Å². The van der Waals surface area contributed by atoms with Crippen LogP contribution in [0.2, 0.25) is 0 Å². The Hall–Kier alpha value is -1.35. The van der Waals surface area contributed by atoms with Crippen LogP contribution in [0.25, 0.3) is 0 Å². The molecular weight excluding hydrogens is 274 g/mol. The standard InChI is InChI=1S/C19H31NO2/c1-6-9-20(10-7-2)14-18(21)17-13-15(4)12-16(5)19(17)22-11-8-3/h12-13H,6-11,14H2,1-5H3. The molecule has 22 heavy (non-hydrogen) atoms. The number of ketones is 1. The van der Waals surface area contributed by atoms with Gasteiger partial charge in [0.25, 0.3) is 0 Å². The molecule has 1 aromatic rings. The van der Waals surface area contributed by atoms with Crippen molar-refractivity contribution in [3.63, 3.8) is 0 Å². The molecule has 0 bridgehead atoms. The quantitative estimate of drug-likeness (QED) is 0.600. The molecule has 0 heterocycles. The van der Waals surface area contributed by atoms with E-state index in [1.54, 1.807) is 0 Å². The number of hydrogen-bond donors (Lipinski definition) is 0. The molecule has 0 amide bonds. The molecule has 0 aliphatic heterocycles. The van der Waals surface area contributed by atoms with Crippen molar-refractivity contribution in [3.05, 3.63) is 28.8 Å². The van der Waals surface area contributed by atoms with Crippen LogP contribution in [0.3, 0.4) is 0 Å². The lowest BCUT2D eigenvalue weighted by atomic mass is 10.0. The van der Waals surface area contributed by atoms with Crippen LogP contribution in [-0.2, 0) is 0 Å². The number of benzene rings is 1. The topological polar surface area (TPSA) is 29.5 Å². The molecule has 0 aliphatic carbocycles. The monoisotopic (exact) mass is 305 g/mol. The van der Waals surface area contributed by atoms with Crippen molar-refractivity contribution in [2.75, 3.05) is 26.2 Å². The Bertz CT molecular complexity index is 477. The van der Waals surface area contributed by atoms with Gasteiger partial charge in [0.05, 0.1) is 18.7 Å². The van der Waals surface area contributed by atoms with Gasteiger partial charge in [0, 0.05) is 0 Å². The van der Waals surface area contributed by atoms with E-state index in [2.05, 4.69) is 31.7 Å². The highest BCUT2D eigenvalue weighted by molar-refractivity contribution is 6.00. The Morgan fingerprint density at radius 1 is 1.05 bits per heavy atom. The summed E-state index contributed by atoms with van der Waals surface area (Å²) in [5.41, 5.74) is 2.90. The van der Waals surface area contributed by atoms with Gasteiger partial charge in [0.2, 0.25) is 0 Å². The van der Waals surface area contributed by atoms with Crippen molar-refractivity contribution < 1.29 is 9.53 Å². The first-order chi connectivity index (χ1) is 10.5. The molecule has 0 aromatic heterocycles. The molecule has 0 atom stereocenters. The van der Waals surface area contributed by atoms with Gasteiger partial charge < -0.3 is 4.74 Å². The summed E-state index contributed by atoms with van der Waals surface area (Å²) in [5, 5.41) is 0. The van der Waals surface area contributed by atoms with Gasteiger partial charge >= 0.3 is 0 Å². The zero-order chi connectivity index (χ0) is 16.5. The summed E-state index contributed by atoms with van der Waals surface area (Å²) >= 11 is 0. The molecule has 1 aromatic carbocycles. The van der Waals surface area contributed by atoms with Crippen LogP contribution < -0.4 is 4.74 Å². The third kappa shape index (κ3) is 5.45. The van der Waals surface area contributed by atoms with Crippen LogP contribution in [0.4, 0.5) is 0 Å². The molecular formula is C19H31NO2. The van der Waals surface area contributed by atoms with Crippen LogP contribution in [0.5, 0.6) is 5.75 Å². The highest BCUT2D eigenvalue weighted by atomic mass is 16.5. The Kier molecular flexibility index (Phi) is 8.18. The van der Waals surface area contributed by atoms with Crippen LogP contribution in [0.1, 0.15) is 61.5 Å². The normalized spacial score (nSPS) is 11.0. The second kappa shape index (κ2) is 9.62. The molecule has 0 aliphatic rings. The van der Waals surface area contributed by atoms with E-state index in [0.29, 0.717) is 13.2 Å². The van der Waals surface area contributed by atoms with Crippen molar-refractivity contribution >= 4 is 5.78 Å². The van der Waals surface area contributed by atoms with E-state index in [9.17, 15) is 4.79 Å². The zero-order valence-electron chi connectivity index (χ0n) is 14.9. The van der Waals surface area contributed by atoms with Crippen LogP contribution in [0.15, 0.2) is 12.1 Å². The van der Waals surface area contributed by atoms with Crippen LogP contribution in [0, 0.1) is 13.8 Å². The van der Waals surface area contributed by atoms with Gasteiger partial charge in [-0.3, -0.25) is 9.69 Å². The molecule has 3 nitrogen and oxygen atoms in total. The van der Waals surface area contributed by atoms with Crippen molar-refractivity contribution in [3.8, 4) is 5.75 Å². The summed E-state index contributed by atoms with van der Waals surface area (Å²) in [4.78, 5) is 15.0. The van der Waals surface area contributed by atoms with Gasteiger partial charge in [-0.15, -0.1) is 0 Å². The fraction of sp³-hybridized carbons (Fsp3) is 0.632. The minimum Gasteiger partial charge on any atom is -0.493 e. The second-order valence-electron chi connectivity index (χ2n) is 6.01. The van der Waals surface area contributed by atoms with Gasteiger partial charge in [-0.1, -0.05) is 26.8 Å². The zero-order valence-corrected chi connectivity index (χ0v) is 14.9. The van der Waals surface area contributed by atoms with Crippen molar-refractivity contribution in [1.82, 2.24) is 4.90 Å². The van der Waals surface area contributed by atoms with E-state index in [-0.39, 0.29) is 5.78 Å². The maximum absolute atomic E-state index is 12.8. The van der Waals surface area contributed by atoms with E-state index in [1.165, 1.54) is 0 Å². The number of carbonyl (C=O) groups excluding carboxylic acids is 1. The number of hydrogen-bond acceptors (Lipinski definition) is 3. The average Bonchev–Trinajstić information content (AvgIpc) is 2.46. The molecule has 0 N–H and O–H groups in total. The Balaban J connectivity index is 2.99. The maximum Gasteiger partial charge on any atom is 0.180 e.